The first-order valence-corrected chi connectivity index (χ1v) is 5.05. The van der Waals surface area contributed by atoms with Crippen LogP contribution in [0.2, 0.25) is 5.02 Å². The number of hydrogen-bond donors (Lipinski definition) is 3. The Morgan fingerprint density at radius 2 is 2.20 bits per heavy atom. The molecule has 0 aliphatic rings. The molecule has 15 heavy (non-hydrogen) atoms. The van der Waals surface area contributed by atoms with Crippen molar-refractivity contribution in [3.05, 3.63) is 23.2 Å². The summed E-state index contributed by atoms with van der Waals surface area (Å²) in [4.78, 5) is 10.5. The molecule has 0 saturated heterocycles. The highest BCUT2D eigenvalue weighted by molar-refractivity contribution is 6.33. The van der Waals surface area contributed by atoms with Gasteiger partial charge in [0.1, 0.15) is 0 Å². The lowest BCUT2D eigenvalue weighted by Crippen LogP contribution is -2.13. The molecule has 1 rings (SSSR count). The number of anilines is 2. The van der Waals surface area contributed by atoms with Crippen LogP contribution in [0.1, 0.15) is 12.8 Å². The van der Waals surface area contributed by atoms with Crippen LogP contribution in [0.25, 0.3) is 0 Å². The monoisotopic (exact) mass is 227 g/mol. The predicted molar refractivity (Wildman–Crippen MR) is 62.8 cm³/mol. The minimum atomic E-state index is -0.302. The number of carbonyl (C=O) groups excluding carboxylic acids is 1. The topological polar surface area (TPSA) is 81.1 Å². The third kappa shape index (κ3) is 3.67. The summed E-state index contributed by atoms with van der Waals surface area (Å²) in [5, 5.41) is 3.65. The molecule has 1 aromatic rings. The van der Waals surface area contributed by atoms with Crippen molar-refractivity contribution in [3.8, 4) is 0 Å². The van der Waals surface area contributed by atoms with Crippen molar-refractivity contribution in [2.24, 2.45) is 5.73 Å². The number of halogens is 1. The lowest BCUT2D eigenvalue weighted by molar-refractivity contribution is -0.118. The first kappa shape index (κ1) is 11.7. The van der Waals surface area contributed by atoms with Gasteiger partial charge in [0.25, 0.3) is 0 Å². The fourth-order valence-corrected chi connectivity index (χ4v) is 1.45. The van der Waals surface area contributed by atoms with Gasteiger partial charge in [0, 0.05) is 13.0 Å². The maximum absolute atomic E-state index is 10.5. The third-order valence-electron chi connectivity index (χ3n) is 1.95. The van der Waals surface area contributed by atoms with E-state index in [-0.39, 0.29) is 5.91 Å². The molecule has 4 nitrogen and oxygen atoms in total. The number of hydrogen-bond acceptors (Lipinski definition) is 3. The summed E-state index contributed by atoms with van der Waals surface area (Å²) in [6, 6.07) is 5.31. The van der Waals surface area contributed by atoms with Crippen LogP contribution in [-0.4, -0.2) is 12.5 Å². The van der Waals surface area contributed by atoms with Crippen molar-refractivity contribution >= 4 is 28.9 Å². The van der Waals surface area contributed by atoms with Crippen LogP contribution in [0, 0.1) is 0 Å². The molecule has 1 amide bonds. The van der Waals surface area contributed by atoms with Gasteiger partial charge in [-0.15, -0.1) is 0 Å². The van der Waals surface area contributed by atoms with Gasteiger partial charge in [-0.05, 0) is 18.6 Å². The highest BCUT2D eigenvalue weighted by atomic mass is 35.5. The van der Waals surface area contributed by atoms with Crippen molar-refractivity contribution in [2.75, 3.05) is 17.6 Å². The summed E-state index contributed by atoms with van der Waals surface area (Å²) in [7, 11) is 0. The second kappa shape index (κ2) is 5.46. The number of carbonyl (C=O) groups is 1. The van der Waals surface area contributed by atoms with Crippen LogP contribution in [0.15, 0.2) is 18.2 Å². The number of rotatable bonds is 5. The van der Waals surface area contributed by atoms with Crippen LogP contribution in [0.3, 0.4) is 0 Å². The number of nitrogens with two attached hydrogens (primary N) is 2. The molecule has 1 aromatic carbocycles. The van der Waals surface area contributed by atoms with E-state index in [0.29, 0.717) is 35.8 Å². The van der Waals surface area contributed by atoms with Crippen molar-refractivity contribution in [2.45, 2.75) is 12.8 Å². The highest BCUT2D eigenvalue weighted by Crippen LogP contribution is 2.27. The van der Waals surface area contributed by atoms with Crippen LogP contribution < -0.4 is 16.8 Å². The molecule has 0 aliphatic heterocycles. The second-order valence-electron chi connectivity index (χ2n) is 3.20. The van der Waals surface area contributed by atoms with E-state index in [1.165, 1.54) is 0 Å². The molecular weight excluding hydrogens is 214 g/mol. The summed E-state index contributed by atoms with van der Waals surface area (Å²) in [6.07, 6.45) is 1.03. The molecule has 0 radical (unpaired) electrons. The fourth-order valence-electron chi connectivity index (χ4n) is 1.20. The van der Waals surface area contributed by atoms with Gasteiger partial charge in [0.2, 0.25) is 5.91 Å². The van der Waals surface area contributed by atoms with Gasteiger partial charge in [0.05, 0.1) is 16.4 Å². The van der Waals surface area contributed by atoms with Crippen LogP contribution in [-0.2, 0) is 4.79 Å². The van der Waals surface area contributed by atoms with E-state index >= 15 is 0 Å². The molecule has 0 heterocycles. The van der Waals surface area contributed by atoms with Crippen molar-refractivity contribution in [3.63, 3.8) is 0 Å². The summed E-state index contributed by atoms with van der Waals surface area (Å²) in [5.74, 6) is -0.302. The van der Waals surface area contributed by atoms with E-state index in [9.17, 15) is 4.79 Å². The number of nitrogens with one attached hydrogen (secondary N) is 1. The zero-order chi connectivity index (χ0) is 11.3. The molecule has 5 N–H and O–H groups in total. The predicted octanol–water partition coefficient (Wildman–Crippen LogP) is 1.60. The molecule has 0 unspecified atom stereocenters. The number of amides is 1. The van der Waals surface area contributed by atoms with E-state index in [0.717, 1.165) is 0 Å². The van der Waals surface area contributed by atoms with Gasteiger partial charge in [-0.3, -0.25) is 4.79 Å². The third-order valence-corrected chi connectivity index (χ3v) is 2.26. The minimum absolute atomic E-state index is 0.302. The van der Waals surface area contributed by atoms with Gasteiger partial charge in [-0.2, -0.15) is 0 Å². The molecule has 0 atom stereocenters. The Balaban J connectivity index is 2.47. The number of primary amides is 1. The Morgan fingerprint density at radius 3 is 2.80 bits per heavy atom. The zero-order valence-corrected chi connectivity index (χ0v) is 9.05. The van der Waals surface area contributed by atoms with Gasteiger partial charge in [-0.1, -0.05) is 17.7 Å². The summed E-state index contributed by atoms with van der Waals surface area (Å²) in [5.41, 5.74) is 12.0. The molecule has 0 saturated carbocycles. The maximum atomic E-state index is 10.5. The molecule has 82 valence electrons. The van der Waals surface area contributed by atoms with Crippen molar-refractivity contribution < 1.29 is 4.79 Å². The van der Waals surface area contributed by atoms with E-state index in [4.69, 9.17) is 23.1 Å². The number of benzene rings is 1. The van der Waals surface area contributed by atoms with E-state index in [1.807, 2.05) is 0 Å². The molecule has 0 spiro atoms. The van der Waals surface area contributed by atoms with Crippen LogP contribution in [0.4, 0.5) is 11.4 Å². The van der Waals surface area contributed by atoms with Crippen molar-refractivity contribution in [1.82, 2.24) is 0 Å². The minimum Gasteiger partial charge on any atom is -0.397 e. The van der Waals surface area contributed by atoms with Gasteiger partial charge < -0.3 is 16.8 Å². The largest absolute Gasteiger partial charge is 0.397 e. The average molecular weight is 228 g/mol. The summed E-state index contributed by atoms with van der Waals surface area (Å²) >= 11 is 5.94. The van der Waals surface area contributed by atoms with E-state index in [2.05, 4.69) is 5.32 Å². The highest BCUT2D eigenvalue weighted by Gasteiger charge is 2.03. The first-order valence-electron chi connectivity index (χ1n) is 4.67. The Labute approximate surface area is 93.6 Å². The lowest BCUT2D eigenvalue weighted by Gasteiger charge is -2.10. The molecule has 0 bridgehead atoms. The maximum Gasteiger partial charge on any atom is 0.217 e. The SMILES string of the molecule is NC(=O)CCCNc1c(N)cccc1Cl. The van der Waals surface area contributed by atoms with Crippen molar-refractivity contribution in [1.29, 1.82) is 0 Å². The molecular formula is C10H14ClN3O. The first-order chi connectivity index (χ1) is 7.11. The Hall–Kier alpha value is -1.42. The van der Waals surface area contributed by atoms with Crippen LogP contribution >= 0.6 is 11.6 Å². The zero-order valence-electron chi connectivity index (χ0n) is 8.29. The number of nitrogen functional groups attached to an aromatic ring is 1. The molecule has 0 fully saturated rings. The Morgan fingerprint density at radius 1 is 1.47 bits per heavy atom. The Bertz CT molecular complexity index is 334. The van der Waals surface area contributed by atoms with E-state index < -0.39 is 0 Å². The molecule has 0 aromatic heterocycles. The standard InChI is InChI=1S/C10H14ClN3O/c11-7-3-1-4-8(12)10(7)14-6-2-5-9(13)15/h1,3-4,14H,2,5-6,12H2,(H2,13,15). The van der Waals surface area contributed by atoms with Gasteiger partial charge in [0.15, 0.2) is 0 Å². The normalized spacial score (nSPS) is 9.93. The van der Waals surface area contributed by atoms with E-state index in [1.54, 1.807) is 18.2 Å². The quantitative estimate of drug-likeness (QED) is 0.528. The summed E-state index contributed by atoms with van der Waals surface area (Å²) in [6.45, 7) is 0.622. The fraction of sp³-hybridized carbons (Fsp3) is 0.300. The van der Waals surface area contributed by atoms with Gasteiger partial charge >= 0.3 is 0 Å². The second-order valence-corrected chi connectivity index (χ2v) is 3.61. The van der Waals surface area contributed by atoms with Gasteiger partial charge in [-0.25, -0.2) is 0 Å². The number of para-hydroxylation sites is 1. The lowest BCUT2D eigenvalue weighted by atomic mass is 10.2. The smallest absolute Gasteiger partial charge is 0.217 e. The summed E-state index contributed by atoms with van der Waals surface area (Å²) < 4.78 is 0. The molecule has 5 heteroatoms. The molecule has 0 aliphatic carbocycles. The average Bonchev–Trinajstić information content (AvgIpc) is 2.15. The Kier molecular flexibility index (Phi) is 4.24. The van der Waals surface area contributed by atoms with Crippen LogP contribution in [0.5, 0.6) is 0 Å².